The highest BCUT2D eigenvalue weighted by Crippen LogP contribution is 2.30. The summed E-state index contributed by atoms with van der Waals surface area (Å²) < 4.78 is 3.73. The molecule has 0 unspecified atom stereocenters. The van der Waals surface area contributed by atoms with E-state index in [-0.39, 0.29) is 17.0 Å². The van der Waals surface area contributed by atoms with E-state index in [0.29, 0.717) is 6.54 Å². The summed E-state index contributed by atoms with van der Waals surface area (Å²) >= 11 is 1.84. The molecule has 88 valence electrons. The van der Waals surface area contributed by atoms with Crippen molar-refractivity contribution in [3.63, 3.8) is 0 Å². The molecule has 0 spiro atoms. The van der Waals surface area contributed by atoms with Gasteiger partial charge in [0.05, 0.1) is 4.70 Å². The number of aromatic nitrogens is 1. The second-order valence-corrected chi connectivity index (χ2v) is 5.14. The molecule has 0 bridgehead atoms. The van der Waals surface area contributed by atoms with E-state index < -0.39 is 0 Å². The van der Waals surface area contributed by atoms with Crippen LogP contribution in [0.25, 0.3) is 10.2 Å². The fourth-order valence-corrected chi connectivity index (χ4v) is 3.52. The Bertz CT molecular complexity index is 597. The van der Waals surface area contributed by atoms with Crippen molar-refractivity contribution < 1.29 is 21.5 Å². The van der Waals surface area contributed by atoms with Gasteiger partial charge in [0.25, 0.3) is 0 Å². The van der Waals surface area contributed by atoms with E-state index in [1.54, 1.807) is 0 Å². The molecule has 2 aromatic rings. The van der Waals surface area contributed by atoms with Gasteiger partial charge in [-0.2, -0.15) is 0 Å². The number of fused-ring (bicyclic) bond motifs is 3. The fraction of sp³-hybridized carbons (Fsp3) is 0.308. The first-order chi connectivity index (χ1) is 7.79. The Morgan fingerprint density at radius 3 is 3.12 bits per heavy atom. The maximum Gasteiger partial charge on any atom is 0.338 e. The molecule has 0 radical (unpaired) electrons. The quantitative estimate of drug-likeness (QED) is 0.482. The van der Waals surface area contributed by atoms with E-state index in [1.165, 1.54) is 20.9 Å². The van der Waals surface area contributed by atoms with Crippen molar-refractivity contribution in [2.75, 3.05) is 18.0 Å². The van der Waals surface area contributed by atoms with Crippen LogP contribution in [0.1, 0.15) is 5.56 Å². The van der Waals surface area contributed by atoms with Gasteiger partial charge in [-0.15, -0.1) is 6.42 Å². The summed E-state index contributed by atoms with van der Waals surface area (Å²) in [4.78, 5) is 2.28. The number of nitrogens with zero attached hydrogens (tertiary/aromatic N) is 2. The molecule has 0 atom stereocenters. The number of halogens is 1. The molecule has 0 aliphatic carbocycles. The Kier molecular flexibility index (Phi) is 3.41. The average molecular weight is 309 g/mol. The summed E-state index contributed by atoms with van der Waals surface area (Å²) in [6, 6.07) is 6.63. The van der Waals surface area contributed by atoms with E-state index in [2.05, 4.69) is 40.5 Å². The lowest BCUT2D eigenvalue weighted by Crippen LogP contribution is -3.00. The zero-order valence-corrected chi connectivity index (χ0v) is 12.0. The maximum absolute atomic E-state index is 5.39. The van der Waals surface area contributed by atoms with Crippen molar-refractivity contribution in [3.05, 3.63) is 23.8 Å². The molecule has 2 nitrogen and oxygen atoms in total. The first-order valence-corrected chi connectivity index (χ1v) is 6.22. The first-order valence-electron chi connectivity index (χ1n) is 5.41. The molecule has 1 aromatic carbocycles. The second-order valence-electron chi connectivity index (χ2n) is 4.13. The highest BCUT2D eigenvalue weighted by Gasteiger charge is 2.31. The molecule has 1 aromatic heterocycles. The zero-order chi connectivity index (χ0) is 11.1. The maximum atomic E-state index is 5.39. The second kappa shape index (κ2) is 4.67. The number of benzene rings is 1. The number of anilines is 1. The smallest absolute Gasteiger partial charge is 0.338 e. The summed E-state index contributed by atoms with van der Waals surface area (Å²) in [6.07, 6.45) is 5.39. The van der Waals surface area contributed by atoms with Gasteiger partial charge in [-0.1, -0.05) is 12.0 Å². The number of thiazole rings is 1. The van der Waals surface area contributed by atoms with Crippen LogP contribution < -0.4 is 26.4 Å². The van der Waals surface area contributed by atoms with Crippen molar-refractivity contribution >= 4 is 26.7 Å². The highest BCUT2D eigenvalue weighted by atomic mass is 79.9. The molecule has 0 amide bonds. The fourth-order valence-electron chi connectivity index (χ4n) is 2.21. The van der Waals surface area contributed by atoms with Crippen LogP contribution in [0.5, 0.6) is 0 Å². The molecule has 4 heteroatoms. The van der Waals surface area contributed by atoms with E-state index in [4.69, 9.17) is 6.42 Å². The summed E-state index contributed by atoms with van der Waals surface area (Å²) in [6.45, 7) is 4.94. The topological polar surface area (TPSA) is 7.12 Å². The molecular weight excluding hydrogens is 296 g/mol. The third kappa shape index (κ3) is 1.94. The van der Waals surface area contributed by atoms with Gasteiger partial charge in [0.1, 0.15) is 25.2 Å². The molecule has 0 fully saturated rings. The summed E-state index contributed by atoms with van der Waals surface area (Å²) in [5.74, 6) is 2.73. The molecule has 2 heterocycles. The molecule has 1 aliphatic heterocycles. The summed E-state index contributed by atoms with van der Waals surface area (Å²) in [5, 5.41) is 1.30. The van der Waals surface area contributed by atoms with Gasteiger partial charge in [-0.3, -0.25) is 0 Å². The minimum absolute atomic E-state index is 0. The van der Waals surface area contributed by atoms with Gasteiger partial charge in [0, 0.05) is 0 Å². The minimum atomic E-state index is 0. The largest absolute Gasteiger partial charge is 1.00 e. The molecule has 0 saturated carbocycles. The first kappa shape index (κ1) is 12.4. The lowest BCUT2D eigenvalue weighted by Gasteiger charge is -2.01. The van der Waals surface area contributed by atoms with Crippen LogP contribution in [0.2, 0.25) is 0 Å². The Balaban J connectivity index is 0.00000108. The molecule has 3 rings (SSSR count). The van der Waals surface area contributed by atoms with Gasteiger partial charge in [0.15, 0.2) is 0 Å². The van der Waals surface area contributed by atoms with E-state index in [0.717, 1.165) is 13.1 Å². The Hall–Kier alpha value is -1.05. The number of hydrogen-bond donors (Lipinski definition) is 0. The highest BCUT2D eigenvalue weighted by molar-refractivity contribution is 7.21. The Labute approximate surface area is 116 Å². The number of hydrogen-bond acceptors (Lipinski definition) is 2. The van der Waals surface area contributed by atoms with Crippen LogP contribution >= 0.6 is 11.3 Å². The van der Waals surface area contributed by atoms with Crippen LogP contribution in [0.4, 0.5) is 5.13 Å². The molecule has 0 N–H and O–H groups in total. The van der Waals surface area contributed by atoms with Crippen molar-refractivity contribution in [1.29, 1.82) is 0 Å². The van der Waals surface area contributed by atoms with E-state index in [1.807, 2.05) is 11.3 Å². The van der Waals surface area contributed by atoms with Crippen LogP contribution in [0.15, 0.2) is 18.2 Å². The lowest BCUT2D eigenvalue weighted by molar-refractivity contribution is -0.641. The van der Waals surface area contributed by atoms with E-state index >= 15 is 0 Å². The van der Waals surface area contributed by atoms with Crippen molar-refractivity contribution in [1.82, 2.24) is 0 Å². The molecular formula is C13H13BrN2S. The zero-order valence-electron chi connectivity index (χ0n) is 9.61. The number of aryl methyl sites for hydroxylation is 1. The van der Waals surface area contributed by atoms with E-state index in [9.17, 15) is 0 Å². The van der Waals surface area contributed by atoms with Gasteiger partial charge in [0.2, 0.25) is 0 Å². The van der Waals surface area contributed by atoms with Crippen molar-refractivity contribution in [2.45, 2.75) is 13.5 Å². The lowest BCUT2D eigenvalue weighted by atomic mass is 10.2. The number of rotatable bonds is 1. The predicted molar refractivity (Wildman–Crippen MR) is 67.8 cm³/mol. The monoisotopic (exact) mass is 308 g/mol. The summed E-state index contributed by atoms with van der Waals surface area (Å²) in [5.41, 5.74) is 2.65. The van der Waals surface area contributed by atoms with Crippen LogP contribution in [0.3, 0.4) is 0 Å². The van der Waals surface area contributed by atoms with Crippen LogP contribution in [0, 0.1) is 19.3 Å². The third-order valence-corrected chi connectivity index (χ3v) is 4.19. The van der Waals surface area contributed by atoms with Crippen molar-refractivity contribution in [3.8, 4) is 12.3 Å². The van der Waals surface area contributed by atoms with Crippen LogP contribution in [-0.2, 0) is 6.54 Å². The normalized spacial score (nSPS) is 13.3. The van der Waals surface area contributed by atoms with Gasteiger partial charge >= 0.3 is 5.13 Å². The molecule has 1 aliphatic rings. The SMILES string of the molecule is C#CCN1CC[n+]2c1sc1cc(C)ccc12.[Br-]. The standard InChI is InChI=1S/C13H13N2S.BrH/c1-3-6-14-7-8-15-11-5-4-10(2)9-12(11)16-13(14)15;/h1,4-5,9H,6-8H2,2H3;1H/q+1;/p-1. The average Bonchev–Trinajstić information content (AvgIpc) is 2.78. The predicted octanol–water partition coefficient (Wildman–Crippen LogP) is -1.05. The van der Waals surface area contributed by atoms with Crippen LogP contribution in [-0.4, -0.2) is 13.1 Å². The Morgan fingerprint density at radius 1 is 1.53 bits per heavy atom. The van der Waals surface area contributed by atoms with Gasteiger partial charge in [-0.25, -0.2) is 9.47 Å². The van der Waals surface area contributed by atoms with Gasteiger partial charge < -0.3 is 17.0 Å². The summed E-state index contributed by atoms with van der Waals surface area (Å²) in [7, 11) is 0. The molecule has 17 heavy (non-hydrogen) atoms. The number of terminal acetylenes is 1. The third-order valence-electron chi connectivity index (χ3n) is 2.98. The Morgan fingerprint density at radius 2 is 2.35 bits per heavy atom. The van der Waals surface area contributed by atoms with Gasteiger partial charge in [-0.05, 0) is 36.0 Å². The molecule has 0 saturated heterocycles. The minimum Gasteiger partial charge on any atom is -1.00 e. The van der Waals surface area contributed by atoms with Crippen molar-refractivity contribution in [2.24, 2.45) is 0 Å².